The second-order valence-corrected chi connectivity index (χ2v) is 4.69. The van der Waals surface area contributed by atoms with Crippen molar-refractivity contribution >= 4 is 22.6 Å². The van der Waals surface area contributed by atoms with E-state index in [4.69, 9.17) is 5.73 Å². The molecular weight excluding hydrogens is 252 g/mol. The van der Waals surface area contributed by atoms with Crippen molar-refractivity contribution in [3.63, 3.8) is 0 Å². The Balaban J connectivity index is 2.08. The van der Waals surface area contributed by atoms with Crippen molar-refractivity contribution in [2.75, 3.05) is 5.73 Å². The van der Waals surface area contributed by atoms with Crippen LogP contribution in [0.25, 0.3) is 10.9 Å². The average molecular weight is 266 g/mol. The van der Waals surface area contributed by atoms with E-state index in [1.807, 2.05) is 41.1 Å². The zero-order chi connectivity index (χ0) is 14.1. The summed E-state index contributed by atoms with van der Waals surface area (Å²) in [5, 5.41) is 10.4. The molecule has 0 radical (unpaired) electrons. The third kappa shape index (κ3) is 2.01. The zero-order valence-electron chi connectivity index (χ0n) is 10.8. The van der Waals surface area contributed by atoms with Gasteiger partial charge in [-0.25, -0.2) is 4.79 Å². The highest BCUT2D eigenvalue weighted by Gasteiger charge is 2.14. The van der Waals surface area contributed by atoms with Crippen LogP contribution >= 0.6 is 0 Å². The van der Waals surface area contributed by atoms with Gasteiger partial charge in [-0.1, -0.05) is 30.3 Å². The van der Waals surface area contributed by atoms with Gasteiger partial charge in [0, 0.05) is 23.9 Å². The van der Waals surface area contributed by atoms with Crippen molar-refractivity contribution in [1.82, 2.24) is 4.57 Å². The lowest BCUT2D eigenvalue weighted by Crippen LogP contribution is -2.09. The third-order valence-corrected chi connectivity index (χ3v) is 3.42. The Morgan fingerprint density at radius 2 is 1.90 bits per heavy atom. The van der Waals surface area contributed by atoms with Crippen LogP contribution in [-0.2, 0) is 6.54 Å². The SMILES string of the molecule is Nc1cccc(Cn2ccc3ccccc32)c1C(=O)O. The molecule has 4 nitrogen and oxygen atoms in total. The number of nitrogen functional groups attached to an aromatic ring is 1. The molecule has 0 saturated heterocycles. The number of nitrogens with zero attached hydrogens (tertiary/aromatic N) is 1. The predicted molar refractivity (Wildman–Crippen MR) is 78.9 cm³/mol. The van der Waals surface area contributed by atoms with Crippen molar-refractivity contribution in [3.05, 3.63) is 65.9 Å². The molecule has 0 aliphatic rings. The quantitative estimate of drug-likeness (QED) is 0.716. The number of para-hydroxylation sites is 1. The van der Waals surface area contributed by atoms with Crippen LogP contribution in [0.4, 0.5) is 5.69 Å². The molecule has 3 N–H and O–H groups in total. The van der Waals surface area contributed by atoms with Gasteiger partial charge in [-0.05, 0) is 29.1 Å². The predicted octanol–water partition coefficient (Wildman–Crippen LogP) is 2.97. The molecule has 0 unspecified atom stereocenters. The van der Waals surface area contributed by atoms with Gasteiger partial charge < -0.3 is 15.4 Å². The summed E-state index contributed by atoms with van der Waals surface area (Å²) in [6.07, 6.45) is 1.96. The summed E-state index contributed by atoms with van der Waals surface area (Å²) in [6.45, 7) is 0.486. The average Bonchev–Trinajstić information content (AvgIpc) is 2.82. The number of nitrogens with two attached hydrogens (primary N) is 1. The van der Waals surface area contributed by atoms with Crippen molar-refractivity contribution in [2.24, 2.45) is 0 Å². The van der Waals surface area contributed by atoms with Crippen molar-refractivity contribution in [1.29, 1.82) is 0 Å². The normalized spacial score (nSPS) is 10.8. The Kier molecular flexibility index (Phi) is 2.91. The minimum atomic E-state index is -0.991. The van der Waals surface area contributed by atoms with Gasteiger partial charge in [-0.2, -0.15) is 0 Å². The van der Waals surface area contributed by atoms with Gasteiger partial charge in [0.25, 0.3) is 0 Å². The maximum atomic E-state index is 11.3. The Labute approximate surface area is 116 Å². The van der Waals surface area contributed by atoms with E-state index in [0.29, 0.717) is 17.8 Å². The highest BCUT2D eigenvalue weighted by molar-refractivity contribution is 5.95. The van der Waals surface area contributed by atoms with Crippen LogP contribution in [-0.4, -0.2) is 15.6 Å². The van der Waals surface area contributed by atoms with Gasteiger partial charge in [0.1, 0.15) is 0 Å². The molecule has 4 heteroatoms. The largest absolute Gasteiger partial charge is 0.478 e. The Hall–Kier alpha value is -2.75. The number of fused-ring (bicyclic) bond motifs is 1. The van der Waals surface area contributed by atoms with E-state index in [2.05, 4.69) is 0 Å². The first-order chi connectivity index (χ1) is 9.66. The van der Waals surface area contributed by atoms with E-state index in [-0.39, 0.29) is 5.56 Å². The van der Waals surface area contributed by atoms with Crippen molar-refractivity contribution in [2.45, 2.75) is 6.54 Å². The molecule has 0 aliphatic heterocycles. The first kappa shape index (κ1) is 12.3. The molecule has 0 aliphatic carbocycles. The molecule has 100 valence electrons. The number of carboxylic acid groups (broad SMARTS) is 1. The van der Waals surface area contributed by atoms with E-state index in [1.165, 1.54) is 0 Å². The third-order valence-electron chi connectivity index (χ3n) is 3.42. The summed E-state index contributed by atoms with van der Waals surface area (Å²) in [7, 11) is 0. The molecule has 2 aromatic carbocycles. The smallest absolute Gasteiger partial charge is 0.338 e. The van der Waals surface area contributed by atoms with Crippen LogP contribution in [0, 0.1) is 0 Å². The first-order valence-electron chi connectivity index (χ1n) is 6.31. The molecule has 0 saturated carbocycles. The molecule has 3 aromatic rings. The van der Waals surface area contributed by atoms with Crippen LogP contribution in [0.1, 0.15) is 15.9 Å². The molecule has 0 fully saturated rings. The number of aromatic carboxylic acids is 1. The van der Waals surface area contributed by atoms with E-state index >= 15 is 0 Å². The number of aromatic nitrogens is 1. The summed E-state index contributed by atoms with van der Waals surface area (Å²) in [4.78, 5) is 11.3. The highest BCUT2D eigenvalue weighted by Crippen LogP contribution is 2.21. The second kappa shape index (κ2) is 4.74. The summed E-state index contributed by atoms with van der Waals surface area (Å²) in [5.74, 6) is -0.991. The number of carbonyl (C=O) groups is 1. The lowest BCUT2D eigenvalue weighted by molar-refractivity contribution is 0.0697. The van der Waals surface area contributed by atoms with Crippen LogP contribution in [0.3, 0.4) is 0 Å². The molecular formula is C16H14N2O2. The van der Waals surface area contributed by atoms with Gasteiger partial charge in [0.15, 0.2) is 0 Å². The minimum absolute atomic E-state index is 0.185. The van der Waals surface area contributed by atoms with Gasteiger partial charge in [0.05, 0.1) is 5.56 Å². The van der Waals surface area contributed by atoms with E-state index in [1.54, 1.807) is 18.2 Å². The van der Waals surface area contributed by atoms with Gasteiger partial charge in [-0.3, -0.25) is 0 Å². The molecule has 0 atom stereocenters. The molecule has 0 spiro atoms. The maximum Gasteiger partial charge on any atom is 0.338 e. The number of hydrogen-bond acceptors (Lipinski definition) is 2. The summed E-state index contributed by atoms with van der Waals surface area (Å²) in [5.41, 5.74) is 8.04. The van der Waals surface area contributed by atoms with Crippen LogP contribution in [0.5, 0.6) is 0 Å². The number of hydrogen-bond donors (Lipinski definition) is 2. The molecule has 20 heavy (non-hydrogen) atoms. The monoisotopic (exact) mass is 266 g/mol. The fourth-order valence-electron chi connectivity index (χ4n) is 2.47. The summed E-state index contributed by atoms with van der Waals surface area (Å²) < 4.78 is 2.02. The Morgan fingerprint density at radius 3 is 2.70 bits per heavy atom. The fourth-order valence-corrected chi connectivity index (χ4v) is 2.47. The molecule has 1 aromatic heterocycles. The van der Waals surface area contributed by atoms with E-state index < -0.39 is 5.97 Å². The summed E-state index contributed by atoms with van der Waals surface area (Å²) >= 11 is 0. The highest BCUT2D eigenvalue weighted by atomic mass is 16.4. The molecule has 1 heterocycles. The second-order valence-electron chi connectivity index (χ2n) is 4.69. The van der Waals surface area contributed by atoms with Gasteiger partial charge in [0.2, 0.25) is 0 Å². The van der Waals surface area contributed by atoms with Crippen molar-refractivity contribution in [3.8, 4) is 0 Å². The van der Waals surface area contributed by atoms with Gasteiger partial charge >= 0.3 is 5.97 Å². The first-order valence-corrected chi connectivity index (χ1v) is 6.31. The maximum absolute atomic E-state index is 11.3. The lowest BCUT2D eigenvalue weighted by Gasteiger charge is -2.10. The number of rotatable bonds is 3. The molecule has 0 amide bonds. The molecule has 0 bridgehead atoms. The minimum Gasteiger partial charge on any atom is -0.478 e. The van der Waals surface area contributed by atoms with Gasteiger partial charge in [-0.15, -0.1) is 0 Å². The number of anilines is 1. The van der Waals surface area contributed by atoms with Crippen LogP contribution in [0.15, 0.2) is 54.7 Å². The van der Waals surface area contributed by atoms with E-state index in [9.17, 15) is 9.90 Å². The summed E-state index contributed by atoms with van der Waals surface area (Å²) in [6, 6.07) is 15.2. The number of carboxylic acids is 1. The standard InChI is InChI=1S/C16H14N2O2/c17-13-6-3-5-12(15(13)16(19)20)10-18-9-8-11-4-1-2-7-14(11)18/h1-9H,10,17H2,(H,19,20). The number of benzene rings is 2. The zero-order valence-corrected chi connectivity index (χ0v) is 10.8. The van der Waals surface area contributed by atoms with Crippen molar-refractivity contribution < 1.29 is 9.90 Å². The Bertz CT molecular complexity index is 790. The van der Waals surface area contributed by atoms with E-state index in [0.717, 1.165) is 10.9 Å². The lowest BCUT2D eigenvalue weighted by atomic mass is 10.1. The van der Waals surface area contributed by atoms with Crippen LogP contribution in [0.2, 0.25) is 0 Å². The topological polar surface area (TPSA) is 68.2 Å². The molecule has 3 rings (SSSR count). The fraction of sp³-hybridized carbons (Fsp3) is 0.0625. The Morgan fingerprint density at radius 1 is 1.10 bits per heavy atom. The van der Waals surface area contributed by atoms with Crippen LogP contribution < -0.4 is 5.73 Å².